The average molecular weight is 388 g/mol. The Morgan fingerprint density at radius 3 is 2.31 bits per heavy atom. The van der Waals surface area contributed by atoms with Crippen molar-refractivity contribution in [2.75, 3.05) is 7.11 Å². The summed E-state index contributed by atoms with van der Waals surface area (Å²) in [7, 11) is 1.27. The lowest BCUT2D eigenvalue weighted by Gasteiger charge is -2.12. The molecule has 0 saturated heterocycles. The second kappa shape index (κ2) is 9.01. The molecule has 0 radical (unpaired) electrons. The van der Waals surface area contributed by atoms with Crippen LogP contribution in [0, 0.1) is 11.3 Å². The van der Waals surface area contributed by atoms with Gasteiger partial charge in [-0.3, -0.25) is 0 Å². The van der Waals surface area contributed by atoms with E-state index in [1.807, 2.05) is 0 Å². The first-order chi connectivity index (χ1) is 14.2. The summed E-state index contributed by atoms with van der Waals surface area (Å²) in [6.07, 6.45) is 2.42. The summed E-state index contributed by atoms with van der Waals surface area (Å²) in [5.41, 5.74) is 6.55. The van der Waals surface area contributed by atoms with Gasteiger partial charge in [0.05, 0.1) is 24.3 Å². The first-order valence-electron chi connectivity index (χ1n) is 8.42. The van der Waals surface area contributed by atoms with Crippen LogP contribution in [0.25, 0.3) is 5.57 Å². The van der Waals surface area contributed by atoms with E-state index in [9.17, 15) is 10.1 Å². The number of esters is 1. The summed E-state index contributed by atoms with van der Waals surface area (Å²) < 4.78 is 16.3. The zero-order chi connectivity index (χ0) is 20.6. The summed E-state index contributed by atoms with van der Waals surface area (Å²) >= 11 is 0. The van der Waals surface area contributed by atoms with E-state index in [0.717, 1.165) is 6.20 Å². The van der Waals surface area contributed by atoms with E-state index in [4.69, 9.17) is 19.9 Å². The summed E-state index contributed by atoms with van der Waals surface area (Å²) in [5, 5.41) is 9.18. The minimum absolute atomic E-state index is 0.150. The highest BCUT2D eigenvalue weighted by molar-refractivity contribution is 6.17. The first kappa shape index (κ1) is 19.4. The molecule has 1 aromatic heterocycles. The summed E-state index contributed by atoms with van der Waals surface area (Å²) in [6, 6.07) is 17.1. The van der Waals surface area contributed by atoms with Crippen molar-refractivity contribution in [2.24, 2.45) is 5.73 Å². The molecule has 0 unspecified atom stereocenters. The Bertz CT molecular complexity index is 1110. The van der Waals surface area contributed by atoms with Crippen molar-refractivity contribution in [1.82, 2.24) is 9.97 Å². The van der Waals surface area contributed by atoms with E-state index in [2.05, 4.69) is 16.0 Å². The number of nitrogens with zero attached hydrogens (tertiary/aromatic N) is 3. The van der Waals surface area contributed by atoms with Crippen molar-refractivity contribution >= 4 is 11.5 Å². The van der Waals surface area contributed by atoms with Gasteiger partial charge < -0.3 is 19.9 Å². The molecule has 0 aliphatic carbocycles. The number of nitrogens with two attached hydrogens (primary N) is 1. The number of nitriles is 1. The molecule has 29 heavy (non-hydrogen) atoms. The van der Waals surface area contributed by atoms with E-state index in [0.29, 0.717) is 22.6 Å². The number of rotatable bonds is 6. The van der Waals surface area contributed by atoms with Crippen molar-refractivity contribution in [3.8, 4) is 29.3 Å². The fourth-order valence-electron chi connectivity index (χ4n) is 2.46. The van der Waals surface area contributed by atoms with Gasteiger partial charge in [-0.2, -0.15) is 5.26 Å². The van der Waals surface area contributed by atoms with Crippen LogP contribution in [0.15, 0.2) is 67.1 Å². The minimum Gasteiger partial charge on any atom is -0.465 e. The Kier molecular flexibility index (Phi) is 6.02. The predicted molar refractivity (Wildman–Crippen MR) is 104 cm³/mol. The maximum absolute atomic E-state index is 12.0. The Morgan fingerprint density at radius 2 is 1.66 bits per heavy atom. The standard InChI is InChI=1S/C21H16N4O4/c1-27-21(26)16(12-23)15-7-3-5-9-18(15)29-20-10-19(24-13-25-20)28-17-8-4-2-6-14(17)11-22/h2-10,12-13H,23H2,1H3/b16-12-. The van der Waals surface area contributed by atoms with Gasteiger partial charge in [0.2, 0.25) is 11.8 Å². The molecule has 8 nitrogen and oxygen atoms in total. The van der Waals surface area contributed by atoms with Crippen LogP contribution in [0.1, 0.15) is 11.1 Å². The maximum atomic E-state index is 12.0. The van der Waals surface area contributed by atoms with Crippen LogP contribution >= 0.6 is 0 Å². The van der Waals surface area contributed by atoms with Gasteiger partial charge >= 0.3 is 5.97 Å². The molecule has 0 spiro atoms. The minimum atomic E-state index is -0.594. The summed E-state index contributed by atoms with van der Waals surface area (Å²) in [5.74, 6) is 0.481. The largest absolute Gasteiger partial charge is 0.465 e. The van der Waals surface area contributed by atoms with Gasteiger partial charge in [-0.25, -0.2) is 14.8 Å². The SMILES string of the molecule is COC(=O)/C(=C\N)c1ccccc1Oc1cc(Oc2ccccc2C#N)ncn1. The second-order valence-electron chi connectivity index (χ2n) is 5.57. The molecule has 2 aromatic carbocycles. The number of methoxy groups -OCH3 is 1. The number of carbonyl (C=O) groups is 1. The Labute approximate surface area is 166 Å². The fourth-order valence-corrected chi connectivity index (χ4v) is 2.46. The fraction of sp³-hybridized carbons (Fsp3) is 0.0476. The van der Waals surface area contributed by atoms with Crippen molar-refractivity contribution in [3.63, 3.8) is 0 Å². The van der Waals surface area contributed by atoms with Gasteiger partial charge in [-0.15, -0.1) is 0 Å². The highest BCUT2D eigenvalue weighted by Crippen LogP contribution is 2.31. The number of carbonyl (C=O) groups excluding carboxylic acids is 1. The van der Waals surface area contributed by atoms with E-state index in [1.54, 1.807) is 48.5 Å². The van der Waals surface area contributed by atoms with E-state index >= 15 is 0 Å². The highest BCUT2D eigenvalue weighted by atomic mass is 16.5. The van der Waals surface area contributed by atoms with Crippen molar-refractivity contribution < 1.29 is 19.0 Å². The Balaban J connectivity index is 1.89. The van der Waals surface area contributed by atoms with Crippen LogP contribution in [0.2, 0.25) is 0 Å². The monoisotopic (exact) mass is 388 g/mol. The molecule has 0 amide bonds. The van der Waals surface area contributed by atoms with Crippen LogP contribution < -0.4 is 15.2 Å². The number of hydrogen-bond acceptors (Lipinski definition) is 8. The third-order valence-corrected chi connectivity index (χ3v) is 3.80. The zero-order valence-corrected chi connectivity index (χ0v) is 15.4. The molecule has 0 bridgehead atoms. The summed E-state index contributed by atoms with van der Waals surface area (Å²) in [4.78, 5) is 20.1. The van der Waals surface area contributed by atoms with Gasteiger partial charge in [0.25, 0.3) is 0 Å². The molecule has 0 fully saturated rings. The second-order valence-corrected chi connectivity index (χ2v) is 5.57. The molecule has 2 N–H and O–H groups in total. The molecule has 0 aliphatic rings. The van der Waals surface area contributed by atoms with E-state index in [1.165, 1.54) is 19.5 Å². The molecule has 8 heteroatoms. The van der Waals surface area contributed by atoms with E-state index < -0.39 is 5.97 Å². The Morgan fingerprint density at radius 1 is 1.03 bits per heavy atom. The average Bonchev–Trinajstić information content (AvgIpc) is 2.76. The van der Waals surface area contributed by atoms with Gasteiger partial charge in [0, 0.05) is 11.8 Å². The van der Waals surface area contributed by atoms with Gasteiger partial charge in [-0.05, 0) is 18.2 Å². The normalized spacial score (nSPS) is 10.7. The molecule has 144 valence electrons. The van der Waals surface area contributed by atoms with Crippen LogP contribution in [0.5, 0.6) is 23.3 Å². The highest BCUT2D eigenvalue weighted by Gasteiger charge is 2.17. The zero-order valence-electron chi connectivity index (χ0n) is 15.4. The van der Waals surface area contributed by atoms with Crippen molar-refractivity contribution in [1.29, 1.82) is 5.26 Å². The third-order valence-electron chi connectivity index (χ3n) is 3.80. The van der Waals surface area contributed by atoms with Crippen LogP contribution in [-0.4, -0.2) is 23.0 Å². The third kappa shape index (κ3) is 4.48. The lowest BCUT2D eigenvalue weighted by molar-refractivity contribution is -0.133. The topological polar surface area (TPSA) is 120 Å². The van der Waals surface area contributed by atoms with Crippen LogP contribution in [0.4, 0.5) is 0 Å². The molecule has 3 rings (SSSR count). The molecule has 0 saturated carbocycles. The number of aromatic nitrogens is 2. The molecular weight excluding hydrogens is 372 g/mol. The van der Waals surface area contributed by atoms with Gasteiger partial charge in [0.1, 0.15) is 23.9 Å². The molecular formula is C21H16N4O4. The van der Waals surface area contributed by atoms with Crippen molar-refractivity contribution in [2.45, 2.75) is 0 Å². The number of ether oxygens (including phenoxy) is 3. The van der Waals surface area contributed by atoms with Crippen molar-refractivity contribution in [3.05, 3.63) is 78.3 Å². The maximum Gasteiger partial charge on any atom is 0.340 e. The lowest BCUT2D eigenvalue weighted by atomic mass is 10.1. The number of hydrogen-bond donors (Lipinski definition) is 1. The smallest absolute Gasteiger partial charge is 0.340 e. The number of para-hydroxylation sites is 2. The first-order valence-corrected chi connectivity index (χ1v) is 8.42. The molecule has 3 aromatic rings. The molecule has 0 atom stereocenters. The quantitative estimate of drug-likeness (QED) is 0.504. The lowest BCUT2D eigenvalue weighted by Crippen LogP contribution is -2.07. The molecule has 1 heterocycles. The van der Waals surface area contributed by atoms with Gasteiger partial charge in [0.15, 0.2) is 0 Å². The van der Waals surface area contributed by atoms with Gasteiger partial charge in [-0.1, -0.05) is 30.3 Å². The van der Waals surface area contributed by atoms with E-state index in [-0.39, 0.29) is 17.3 Å². The van der Waals surface area contributed by atoms with Crippen LogP contribution in [-0.2, 0) is 9.53 Å². The number of benzene rings is 2. The predicted octanol–water partition coefficient (Wildman–Crippen LogP) is 3.41. The Hall–Kier alpha value is -4.38. The molecule has 0 aliphatic heterocycles. The summed E-state index contributed by atoms with van der Waals surface area (Å²) in [6.45, 7) is 0. The van der Waals surface area contributed by atoms with Crippen LogP contribution in [0.3, 0.4) is 0 Å².